The monoisotopic (exact) mass is 346 g/mol. The zero-order valence-corrected chi connectivity index (χ0v) is 14.5. The molecule has 1 heterocycles. The Morgan fingerprint density at radius 2 is 2.08 bits per heavy atom. The van der Waals surface area contributed by atoms with Gasteiger partial charge >= 0.3 is 6.03 Å². The van der Waals surface area contributed by atoms with Crippen molar-refractivity contribution in [2.24, 2.45) is 7.05 Å². The molecule has 7 heteroatoms. The van der Waals surface area contributed by atoms with Crippen LogP contribution >= 0.6 is 0 Å². The highest BCUT2D eigenvalue weighted by molar-refractivity contribution is 5.94. The van der Waals surface area contributed by atoms with E-state index in [2.05, 4.69) is 15.7 Å². The Morgan fingerprint density at radius 3 is 2.72 bits per heavy atom. The molecule has 2 aromatic rings. The Kier molecular flexibility index (Phi) is 5.33. The summed E-state index contributed by atoms with van der Waals surface area (Å²) in [5.74, 6) is -0.359. The number of halogens is 1. The first-order valence-corrected chi connectivity index (χ1v) is 8.44. The van der Waals surface area contributed by atoms with E-state index in [1.54, 1.807) is 37.3 Å². The number of nitrogens with zero attached hydrogens (tertiary/aromatic N) is 2. The molecule has 134 valence electrons. The summed E-state index contributed by atoms with van der Waals surface area (Å²) in [5.41, 5.74) is 1.90. The first kappa shape index (κ1) is 17.4. The SMILES string of the molecule is COC1CCC(NC(=O)Nc2ccc(F)cc2-c2cnn(C)c2)CC1. The second-order valence-electron chi connectivity index (χ2n) is 6.40. The van der Waals surface area contributed by atoms with E-state index in [1.807, 2.05) is 0 Å². The molecule has 2 N–H and O–H groups in total. The first-order valence-electron chi connectivity index (χ1n) is 8.44. The van der Waals surface area contributed by atoms with Crippen LogP contribution in [-0.2, 0) is 11.8 Å². The minimum absolute atomic E-state index is 0.133. The van der Waals surface area contributed by atoms with Gasteiger partial charge in [0.25, 0.3) is 0 Å². The van der Waals surface area contributed by atoms with Crippen molar-refractivity contribution in [3.05, 3.63) is 36.4 Å². The molecule has 1 aliphatic carbocycles. The summed E-state index contributed by atoms with van der Waals surface area (Å²) in [6.07, 6.45) is 7.39. The molecule has 1 saturated carbocycles. The lowest BCUT2D eigenvalue weighted by molar-refractivity contribution is 0.0638. The largest absolute Gasteiger partial charge is 0.381 e. The van der Waals surface area contributed by atoms with Crippen molar-refractivity contribution in [2.75, 3.05) is 12.4 Å². The van der Waals surface area contributed by atoms with Crippen LogP contribution in [0.3, 0.4) is 0 Å². The Labute approximate surface area is 146 Å². The second kappa shape index (κ2) is 7.65. The van der Waals surface area contributed by atoms with Crippen molar-refractivity contribution in [1.29, 1.82) is 0 Å². The smallest absolute Gasteiger partial charge is 0.319 e. The molecule has 0 radical (unpaired) electrons. The summed E-state index contributed by atoms with van der Waals surface area (Å²) < 4.78 is 20.6. The number of hydrogen-bond donors (Lipinski definition) is 2. The molecule has 1 aliphatic rings. The van der Waals surface area contributed by atoms with E-state index in [4.69, 9.17) is 4.74 Å². The van der Waals surface area contributed by atoms with Crippen molar-refractivity contribution < 1.29 is 13.9 Å². The summed E-state index contributed by atoms with van der Waals surface area (Å²) in [6, 6.07) is 4.15. The molecule has 0 atom stereocenters. The number of nitrogens with one attached hydrogen (secondary N) is 2. The topological polar surface area (TPSA) is 68.2 Å². The van der Waals surface area contributed by atoms with Gasteiger partial charge in [0.15, 0.2) is 0 Å². The normalized spacial score (nSPS) is 20.3. The Bertz CT molecular complexity index is 738. The number of hydrogen-bond acceptors (Lipinski definition) is 3. The fraction of sp³-hybridized carbons (Fsp3) is 0.444. The molecule has 0 spiro atoms. The fourth-order valence-corrected chi connectivity index (χ4v) is 3.21. The maximum absolute atomic E-state index is 13.7. The third kappa shape index (κ3) is 4.36. The number of anilines is 1. The summed E-state index contributed by atoms with van der Waals surface area (Å²) in [5, 5.41) is 9.93. The lowest BCUT2D eigenvalue weighted by Gasteiger charge is -2.28. The number of carbonyl (C=O) groups is 1. The number of methoxy groups -OCH3 is 1. The summed E-state index contributed by atoms with van der Waals surface area (Å²) in [7, 11) is 3.51. The lowest BCUT2D eigenvalue weighted by Crippen LogP contribution is -2.41. The molecule has 1 aromatic carbocycles. The maximum atomic E-state index is 13.7. The minimum Gasteiger partial charge on any atom is -0.381 e. The zero-order valence-electron chi connectivity index (χ0n) is 14.5. The van der Waals surface area contributed by atoms with E-state index in [0.717, 1.165) is 31.2 Å². The van der Waals surface area contributed by atoms with Gasteiger partial charge in [-0.15, -0.1) is 0 Å². The van der Waals surface area contributed by atoms with Gasteiger partial charge in [0.1, 0.15) is 5.82 Å². The fourth-order valence-electron chi connectivity index (χ4n) is 3.21. The number of carbonyl (C=O) groups excluding carboxylic acids is 1. The number of rotatable bonds is 4. The van der Waals surface area contributed by atoms with Gasteiger partial charge in [-0.1, -0.05) is 0 Å². The van der Waals surface area contributed by atoms with Gasteiger partial charge in [-0.2, -0.15) is 5.10 Å². The Morgan fingerprint density at radius 1 is 1.32 bits per heavy atom. The predicted molar refractivity (Wildman–Crippen MR) is 93.8 cm³/mol. The molecule has 25 heavy (non-hydrogen) atoms. The predicted octanol–water partition coefficient (Wildman–Crippen LogP) is 3.31. The number of ether oxygens (including phenoxy) is 1. The van der Waals surface area contributed by atoms with Crippen molar-refractivity contribution in [3.8, 4) is 11.1 Å². The van der Waals surface area contributed by atoms with E-state index in [0.29, 0.717) is 11.3 Å². The van der Waals surface area contributed by atoms with Crippen LogP contribution in [0.4, 0.5) is 14.9 Å². The van der Waals surface area contributed by atoms with Crippen LogP contribution in [0.25, 0.3) is 11.1 Å². The van der Waals surface area contributed by atoms with Crippen LogP contribution in [0.1, 0.15) is 25.7 Å². The van der Waals surface area contributed by atoms with Gasteiger partial charge in [-0.3, -0.25) is 4.68 Å². The summed E-state index contributed by atoms with van der Waals surface area (Å²) in [4.78, 5) is 12.3. The van der Waals surface area contributed by atoms with Crippen LogP contribution in [0.15, 0.2) is 30.6 Å². The van der Waals surface area contributed by atoms with Gasteiger partial charge in [-0.05, 0) is 43.9 Å². The lowest BCUT2D eigenvalue weighted by atomic mass is 9.93. The van der Waals surface area contributed by atoms with Crippen LogP contribution in [0.2, 0.25) is 0 Å². The van der Waals surface area contributed by atoms with Crippen molar-refractivity contribution in [3.63, 3.8) is 0 Å². The van der Waals surface area contributed by atoms with E-state index in [1.165, 1.54) is 12.1 Å². The number of amides is 2. The molecule has 1 fully saturated rings. The molecule has 3 rings (SSSR count). The van der Waals surface area contributed by atoms with Gasteiger partial charge in [0, 0.05) is 37.5 Å². The molecule has 2 amide bonds. The van der Waals surface area contributed by atoms with Gasteiger partial charge in [0.05, 0.1) is 18.0 Å². The van der Waals surface area contributed by atoms with Crippen LogP contribution < -0.4 is 10.6 Å². The van der Waals surface area contributed by atoms with Crippen LogP contribution in [0.5, 0.6) is 0 Å². The van der Waals surface area contributed by atoms with E-state index in [9.17, 15) is 9.18 Å². The van der Waals surface area contributed by atoms with Crippen molar-refractivity contribution >= 4 is 11.7 Å². The number of benzene rings is 1. The average molecular weight is 346 g/mol. The molecule has 0 unspecified atom stereocenters. The summed E-state index contributed by atoms with van der Waals surface area (Å²) >= 11 is 0. The molecule has 6 nitrogen and oxygen atoms in total. The molecular formula is C18H23FN4O2. The molecular weight excluding hydrogens is 323 g/mol. The van der Waals surface area contributed by atoms with Gasteiger partial charge < -0.3 is 15.4 Å². The van der Waals surface area contributed by atoms with Crippen molar-refractivity contribution in [1.82, 2.24) is 15.1 Å². The molecule has 0 bridgehead atoms. The van der Waals surface area contributed by atoms with E-state index >= 15 is 0 Å². The highest BCUT2D eigenvalue weighted by atomic mass is 19.1. The first-order chi connectivity index (χ1) is 12.0. The molecule has 1 aromatic heterocycles. The highest BCUT2D eigenvalue weighted by Crippen LogP contribution is 2.28. The highest BCUT2D eigenvalue weighted by Gasteiger charge is 2.22. The minimum atomic E-state index is -0.359. The maximum Gasteiger partial charge on any atom is 0.319 e. The van der Waals surface area contributed by atoms with E-state index in [-0.39, 0.29) is 24.0 Å². The van der Waals surface area contributed by atoms with Gasteiger partial charge in [-0.25, -0.2) is 9.18 Å². The third-order valence-electron chi connectivity index (χ3n) is 4.59. The Balaban J connectivity index is 1.67. The number of aryl methyl sites for hydroxylation is 1. The zero-order chi connectivity index (χ0) is 17.8. The van der Waals surface area contributed by atoms with E-state index < -0.39 is 0 Å². The molecule has 0 aliphatic heterocycles. The Hall–Kier alpha value is -2.41. The number of aromatic nitrogens is 2. The van der Waals surface area contributed by atoms with Crippen LogP contribution in [0, 0.1) is 5.82 Å². The molecule has 0 saturated heterocycles. The van der Waals surface area contributed by atoms with Gasteiger partial charge in [0.2, 0.25) is 0 Å². The van der Waals surface area contributed by atoms with Crippen LogP contribution in [-0.4, -0.2) is 35.1 Å². The second-order valence-corrected chi connectivity index (χ2v) is 6.40. The standard InChI is InChI=1S/C18H23FN4O2/c1-23-11-12(10-20-23)16-9-13(19)3-8-17(16)22-18(24)21-14-4-6-15(25-2)7-5-14/h3,8-11,14-15H,4-7H2,1-2H3,(H2,21,22,24). The number of urea groups is 1. The average Bonchev–Trinajstić information content (AvgIpc) is 3.03. The summed E-state index contributed by atoms with van der Waals surface area (Å²) in [6.45, 7) is 0. The van der Waals surface area contributed by atoms with Crippen molar-refractivity contribution in [2.45, 2.75) is 37.8 Å². The third-order valence-corrected chi connectivity index (χ3v) is 4.59. The quantitative estimate of drug-likeness (QED) is 0.892.